The normalized spacial score (nSPS) is 14.2. The molecule has 0 fully saturated rings. The zero-order valence-electron chi connectivity index (χ0n) is 10.0. The van der Waals surface area contributed by atoms with Gasteiger partial charge >= 0.3 is 0 Å². The second-order valence-electron chi connectivity index (χ2n) is 5.43. The summed E-state index contributed by atoms with van der Waals surface area (Å²) in [7, 11) is 0. The van der Waals surface area contributed by atoms with Crippen LogP contribution < -0.4 is 0 Å². The topological polar surface area (TPSA) is 26.0 Å². The van der Waals surface area contributed by atoms with E-state index >= 15 is 0 Å². The molecule has 1 atom stereocenters. The van der Waals surface area contributed by atoms with Crippen molar-refractivity contribution in [1.82, 2.24) is 4.98 Å². The van der Waals surface area contributed by atoms with Gasteiger partial charge in [-0.2, -0.15) is 0 Å². The van der Waals surface area contributed by atoms with Gasteiger partial charge in [-0.25, -0.2) is 4.98 Å². The van der Waals surface area contributed by atoms with Gasteiger partial charge in [0, 0.05) is 11.8 Å². The average Bonchev–Trinajstić information content (AvgIpc) is 2.48. The Bertz CT molecular complexity index is 301. The molecular formula is C12H20BrNO. The van der Waals surface area contributed by atoms with Crippen molar-refractivity contribution in [3.05, 3.63) is 17.8 Å². The maximum atomic E-state index is 5.40. The second-order valence-corrected chi connectivity index (χ2v) is 5.99. The van der Waals surface area contributed by atoms with Crippen LogP contribution in [0, 0.1) is 11.3 Å². The summed E-state index contributed by atoms with van der Waals surface area (Å²) < 4.78 is 5.40. The quantitative estimate of drug-likeness (QED) is 0.770. The van der Waals surface area contributed by atoms with Gasteiger partial charge in [-0.3, -0.25) is 0 Å². The SMILES string of the molecule is CC(Cc1ocnc1CBr)CC(C)(C)C. The first-order valence-electron chi connectivity index (χ1n) is 5.39. The Balaban J connectivity index is 2.55. The first-order valence-corrected chi connectivity index (χ1v) is 6.51. The molecule has 0 spiro atoms. The zero-order valence-corrected chi connectivity index (χ0v) is 11.6. The smallest absolute Gasteiger partial charge is 0.181 e. The standard InChI is InChI=1S/C12H20BrNO/c1-9(6-12(2,3)4)5-11-10(7-13)14-8-15-11/h8-9H,5-7H2,1-4H3. The van der Waals surface area contributed by atoms with E-state index < -0.39 is 0 Å². The molecule has 1 rings (SSSR count). The van der Waals surface area contributed by atoms with Gasteiger partial charge in [0.2, 0.25) is 0 Å². The number of halogens is 1. The van der Waals surface area contributed by atoms with Crippen LogP contribution in [0.3, 0.4) is 0 Å². The maximum Gasteiger partial charge on any atom is 0.181 e. The van der Waals surface area contributed by atoms with Crippen molar-refractivity contribution < 1.29 is 4.42 Å². The molecule has 0 amide bonds. The number of nitrogens with zero attached hydrogens (tertiary/aromatic N) is 1. The Morgan fingerprint density at radius 3 is 2.67 bits per heavy atom. The van der Waals surface area contributed by atoms with Gasteiger partial charge in [-0.05, 0) is 17.8 Å². The Morgan fingerprint density at radius 1 is 1.47 bits per heavy atom. The Hall–Kier alpha value is -0.310. The number of rotatable bonds is 4. The predicted molar refractivity (Wildman–Crippen MR) is 66.1 cm³/mol. The molecule has 0 aliphatic rings. The monoisotopic (exact) mass is 273 g/mol. The first kappa shape index (κ1) is 12.8. The van der Waals surface area contributed by atoms with Gasteiger partial charge in [0.25, 0.3) is 0 Å². The summed E-state index contributed by atoms with van der Waals surface area (Å²) in [6, 6.07) is 0. The Morgan fingerprint density at radius 2 is 2.13 bits per heavy atom. The third-order valence-electron chi connectivity index (χ3n) is 2.35. The van der Waals surface area contributed by atoms with E-state index in [0.717, 1.165) is 23.2 Å². The summed E-state index contributed by atoms with van der Waals surface area (Å²) in [5.41, 5.74) is 1.42. The van der Waals surface area contributed by atoms with Crippen LogP contribution in [0.1, 0.15) is 45.6 Å². The van der Waals surface area contributed by atoms with Gasteiger partial charge < -0.3 is 4.42 Å². The summed E-state index contributed by atoms with van der Waals surface area (Å²) in [5.74, 6) is 1.67. The van der Waals surface area contributed by atoms with Crippen LogP contribution in [0.15, 0.2) is 10.8 Å². The minimum absolute atomic E-state index is 0.383. The van der Waals surface area contributed by atoms with Crippen LogP contribution in [-0.2, 0) is 11.8 Å². The molecule has 0 saturated carbocycles. The highest BCUT2D eigenvalue weighted by atomic mass is 79.9. The minimum atomic E-state index is 0.383. The lowest BCUT2D eigenvalue weighted by Gasteiger charge is -2.22. The van der Waals surface area contributed by atoms with E-state index in [9.17, 15) is 0 Å². The molecule has 0 N–H and O–H groups in total. The third kappa shape index (κ3) is 4.37. The van der Waals surface area contributed by atoms with Gasteiger partial charge in [0.15, 0.2) is 6.39 Å². The third-order valence-corrected chi connectivity index (χ3v) is 2.88. The van der Waals surface area contributed by atoms with E-state index in [1.165, 1.54) is 12.8 Å². The second kappa shape index (κ2) is 5.15. The summed E-state index contributed by atoms with van der Waals surface area (Å²) >= 11 is 3.42. The van der Waals surface area contributed by atoms with E-state index in [4.69, 9.17) is 4.42 Å². The predicted octanol–water partition coefficient (Wildman–Crippen LogP) is 4.18. The lowest BCUT2D eigenvalue weighted by atomic mass is 9.84. The summed E-state index contributed by atoms with van der Waals surface area (Å²) in [4.78, 5) is 4.17. The van der Waals surface area contributed by atoms with E-state index in [1.54, 1.807) is 0 Å². The molecule has 0 aliphatic carbocycles. The van der Waals surface area contributed by atoms with E-state index in [0.29, 0.717) is 11.3 Å². The highest BCUT2D eigenvalue weighted by Crippen LogP contribution is 2.27. The fourth-order valence-corrected chi connectivity index (χ4v) is 2.46. The molecule has 0 radical (unpaired) electrons. The number of oxazole rings is 1. The van der Waals surface area contributed by atoms with E-state index in [-0.39, 0.29) is 0 Å². The molecule has 86 valence electrons. The summed E-state index contributed by atoms with van der Waals surface area (Å²) in [5, 5.41) is 0.779. The lowest BCUT2D eigenvalue weighted by Crippen LogP contribution is -2.13. The van der Waals surface area contributed by atoms with Crippen LogP contribution in [0.5, 0.6) is 0 Å². The van der Waals surface area contributed by atoms with Gasteiger partial charge in [-0.15, -0.1) is 0 Å². The van der Waals surface area contributed by atoms with Crippen molar-refractivity contribution in [3.8, 4) is 0 Å². The highest BCUT2D eigenvalue weighted by molar-refractivity contribution is 9.08. The molecular weight excluding hydrogens is 254 g/mol. The van der Waals surface area contributed by atoms with Crippen molar-refractivity contribution in [3.63, 3.8) is 0 Å². The summed E-state index contributed by atoms with van der Waals surface area (Å²) in [6.45, 7) is 9.09. The lowest BCUT2D eigenvalue weighted by molar-refractivity contribution is 0.295. The molecule has 15 heavy (non-hydrogen) atoms. The maximum absolute atomic E-state index is 5.40. The first-order chi connectivity index (χ1) is 6.92. The van der Waals surface area contributed by atoms with Crippen LogP contribution in [0.2, 0.25) is 0 Å². The minimum Gasteiger partial charge on any atom is -0.448 e. The Labute approximate surface area is 101 Å². The molecule has 0 saturated heterocycles. The fraction of sp³-hybridized carbons (Fsp3) is 0.750. The molecule has 1 aromatic heterocycles. The fourth-order valence-electron chi connectivity index (χ4n) is 2.00. The zero-order chi connectivity index (χ0) is 11.5. The van der Waals surface area contributed by atoms with Gasteiger partial charge in [0.1, 0.15) is 5.76 Å². The largest absolute Gasteiger partial charge is 0.448 e. The molecule has 0 aromatic carbocycles. The van der Waals surface area contributed by atoms with Gasteiger partial charge in [0.05, 0.1) is 5.69 Å². The van der Waals surface area contributed by atoms with Crippen LogP contribution in [0.25, 0.3) is 0 Å². The van der Waals surface area contributed by atoms with Crippen LogP contribution >= 0.6 is 15.9 Å². The van der Waals surface area contributed by atoms with Crippen LogP contribution in [0.4, 0.5) is 0 Å². The number of alkyl halides is 1. The molecule has 0 bridgehead atoms. The molecule has 1 unspecified atom stereocenters. The molecule has 3 heteroatoms. The highest BCUT2D eigenvalue weighted by Gasteiger charge is 2.18. The van der Waals surface area contributed by atoms with E-state index in [2.05, 4.69) is 48.6 Å². The van der Waals surface area contributed by atoms with E-state index in [1.807, 2.05) is 0 Å². The molecule has 0 aliphatic heterocycles. The average molecular weight is 274 g/mol. The van der Waals surface area contributed by atoms with Crippen molar-refractivity contribution in [2.24, 2.45) is 11.3 Å². The van der Waals surface area contributed by atoms with Crippen molar-refractivity contribution in [1.29, 1.82) is 0 Å². The molecule has 1 heterocycles. The number of aromatic nitrogens is 1. The number of hydrogen-bond acceptors (Lipinski definition) is 2. The van der Waals surface area contributed by atoms with Gasteiger partial charge in [-0.1, -0.05) is 43.6 Å². The van der Waals surface area contributed by atoms with Crippen molar-refractivity contribution in [2.75, 3.05) is 0 Å². The van der Waals surface area contributed by atoms with Crippen LogP contribution in [-0.4, -0.2) is 4.98 Å². The molecule has 2 nitrogen and oxygen atoms in total. The van der Waals surface area contributed by atoms with Crippen molar-refractivity contribution in [2.45, 2.75) is 45.9 Å². The molecule has 1 aromatic rings. The summed E-state index contributed by atoms with van der Waals surface area (Å²) in [6.07, 6.45) is 3.73. The number of hydrogen-bond donors (Lipinski definition) is 0. The van der Waals surface area contributed by atoms with Crippen molar-refractivity contribution >= 4 is 15.9 Å². The Kier molecular flexibility index (Phi) is 4.38.